The second kappa shape index (κ2) is 8.36. The molecular formula is C19H27N3O3. The summed E-state index contributed by atoms with van der Waals surface area (Å²) in [5.41, 5.74) is 0.769. The number of aromatic nitrogens is 2. The molecule has 1 N–H and O–H groups in total. The zero-order valence-corrected chi connectivity index (χ0v) is 15.0. The average Bonchev–Trinajstić information content (AvgIpc) is 3.15. The molecule has 2 aromatic rings. The highest BCUT2D eigenvalue weighted by Gasteiger charge is 2.26. The fraction of sp³-hybridized carbons (Fsp3) is 0.526. The number of aliphatic hydroxyl groups is 1. The van der Waals surface area contributed by atoms with E-state index in [-0.39, 0.29) is 0 Å². The maximum absolute atomic E-state index is 10.8. The molecule has 3 rings (SSSR count). The van der Waals surface area contributed by atoms with Gasteiger partial charge in [-0.3, -0.25) is 9.58 Å². The number of hydrogen-bond acceptors (Lipinski definition) is 5. The number of aliphatic hydroxyl groups excluding tert-OH is 1. The fourth-order valence-electron chi connectivity index (χ4n) is 3.55. The van der Waals surface area contributed by atoms with Crippen LogP contribution < -0.4 is 9.47 Å². The standard InChI is InChI=1S/C19H27N3O3/c1-24-16-7-8-19(25-2)17(12-16)18(23)14-21-10-4-3-6-15(21)13-22-11-5-9-20-22/h5,7-9,11-12,15,18,23H,3-4,6,10,13-14H2,1-2H3. The molecule has 0 saturated carbocycles. The van der Waals surface area contributed by atoms with Crippen LogP contribution in [0.25, 0.3) is 0 Å². The van der Waals surface area contributed by atoms with Crippen molar-refractivity contribution in [2.24, 2.45) is 0 Å². The van der Waals surface area contributed by atoms with Gasteiger partial charge in [-0.2, -0.15) is 5.10 Å². The molecule has 1 aliphatic rings. The Morgan fingerprint density at radius 1 is 1.28 bits per heavy atom. The lowest BCUT2D eigenvalue weighted by molar-refractivity contribution is 0.0579. The van der Waals surface area contributed by atoms with Gasteiger partial charge in [-0.1, -0.05) is 6.42 Å². The predicted octanol–water partition coefficient (Wildman–Crippen LogP) is 2.49. The Balaban J connectivity index is 1.72. The highest BCUT2D eigenvalue weighted by molar-refractivity contribution is 5.41. The van der Waals surface area contributed by atoms with E-state index in [1.807, 2.05) is 41.3 Å². The number of β-amino-alcohol motifs (C(OH)–C–C–N with tert-alkyl or cyclic N) is 1. The summed E-state index contributed by atoms with van der Waals surface area (Å²) < 4.78 is 12.7. The molecule has 1 fully saturated rings. The van der Waals surface area contributed by atoms with E-state index in [2.05, 4.69) is 10.00 Å². The SMILES string of the molecule is COc1ccc(OC)c(C(O)CN2CCCCC2Cn2cccn2)c1. The van der Waals surface area contributed by atoms with Crippen molar-refractivity contribution in [1.29, 1.82) is 0 Å². The quantitative estimate of drug-likeness (QED) is 0.835. The van der Waals surface area contributed by atoms with Crippen LogP contribution in [-0.2, 0) is 6.54 Å². The van der Waals surface area contributed by atoms with Crippen molar-refractivity contribution < 1.29 is 14.6 Å². The minimum absolute atomic E-state index is 0.389. The lowest BCUT2D eigenvalue weighted by atomic mass is 10.00. The van der Waals surface area contributed by atoms with Gasteiger partial charge < -0.3 is 14.6 Å². The summed E-state index contributed by atoms with van der Waals surface area (Å²) in [6.45, 7) is 2.43. The normalized spacial score (nSPS) is 19.6. The molecule has 0 radical (unpaired) electrons. The smallest absolute Gasteiger partial charge is 0.124 e. The molecule has 2 atom stereocenters. The first-order chi connectivity index (χ1) is 12.2. The van der Waals surface area contributed by atoms with Crippen molar-refractivity contribution >= 4 is 0 Å². The van der Waals surface area contributed by atoms with E-state index in [1.54, 1.807) is 14.2 Å². The third-order valence-electron chi connectivity index (χ3n) is 4.91. The minimum Gasteiger partial charge on any atom is -0.497 e. The molecule has 0 aliphatic carbocycles. The summed E-state index contributed by atoms with van der Waals surface area (Å²) in [6.07, 6.45) is 6.70. The summed E-state index contributed by atoms with van der Waals surface area (Å²) in [7, 11) is 3.25. The Bertz CT molecular complexity index is 660. The number of nitrogens with zero attached hydrogens (tertiary/aromatic N) is 3. The predicted molar refractivity (Wildman–Crippen MR) is 95.9 cm³/mol. The monoisotopic (exact) mass is 345 g/mol. The van der Waals surface area contributed by atoms with Crippen LogP contribution in [-0.4, -0.2) is 53.1 Å². The minimum atomic E-state index is -0.622. The summed E-state index contributed by atoms with van der Waals surface area (Å²) >= 11 is 0. The van der Waals surface area contributed by atoms with Crippen molar-refractivity contribution in [1.82, 2.24) is 14.7 Å². The number of piperidine rings is 1. The Labute approximate surface area is 149 Å². The van der Waals surface area contributed by atoms with E-state index in [0.717, 1.165) is 37.2 Å². The summed E-state index contributed by atoms with van der Waals surface area (Å²) in [5.74, 6) is 1.41. The highest BCUT2D eigenvalue weighted by Crippen LogP contribution is 2.31. The van der Waals surface area contributed by atoms with Crippen LogP contribution in [0.2, 0.25) is 0 Å². The first-order valence-electron chi connectivity index (χ1n) is 8.82. The second-order valence-electron chi connectivity index (χ2n) is 6.50. The van der Waals surface area contributed by atoms with E-state index >= 15 is 0 Å². The summed E-state index contributed by atoms with van der Waals surface area (Å²) in [4.78, 5) is 2.37. The van der Waals surface area contributed by atoms with Gasteiger partial charge in [-0.05, 0) is 43.7 Å². The van der Waals surface area contributed by atoms with Crippen LogP contribution in [0.3, 0.4) is 0 Å². The van der Waals surface area contributed by atoms with Gasteiger partial charge in [0.25, 0.3) is 0 Å². The Kier molecular flexibility index (Phi) is 5.94. The van der Waals surface area contributed by atoms with Gasteiger partial charge >= 0.3 is 0 Å². The molecule has 2 heterocycles. The first kappa shape index (κ1) is 17.8. The highest BCUT2D eigenvalue weighted by atomic mass is 16.5. The molecule has 2 unspecified atom stereocenters. The van der Waals surface area contributed by atoms with Gasteiger partial charge in [-0.15, -0.1) is 0 Å². The summed E-state index contributed by atoms with van der Waals surface area (Å²) in [6, 6.07) is 7.88. The molecule has 1 aromatic carbocycles. The Hall–Kier alpha value is -2.05. The Morgan fingerprint density at radius 3 is 2.88 bits per heavy atom. The largest absolute Gasteiger partial charge is 0.497 e. The number of likely N-dealkylation sites (tertiary alicyclic amines) is 1. The summed E-state index contributed by atoms with van der Waals surface area (Å²) in [5, 5.41) is 15.2. The molecule has 25 heavy (non-hydrogen) atoms. The van der Waals surface area contributed by atoms with Crippen molar-refractivity contribution in [3.8, 4) is 11.5 Å². The molecule has 136 valence electrons. The van der Waals surface area contributed by atoms with Crippen LogP contribution in [0.5, 0.6) is 11.5 Å². The second-order valence-corrected chi connectivity index (χ2v) is 6.50. The van der Waals surface area contributed by atoms with Gasteiger partial charge in [0.2, 0.25) is 0 Å². The number of benzene rings is 1. The van der Waals surface area contributed by atoms with Crippen LogP contribution in [0.15, 0.2) is 36.7 Å². The van der Waals surface area contributed by atoms with Crippen LogP contribution >= 0.6 is 0 Å². The lowest BCUT2D eigenvalue weighted by Crippen LogP contribution is -2.44. The maximum atomic E-state index is 10.8. The molecule has 0 spiro atoms. The number of ether oxygens (including phenoxy) is 2. The lowest BCUT2D eigenvalue weighted by Gasteiger charge is -2.37. The Morgan fingerprint density at radius 2 is 2.16 bits per heavy atom. The van der Waals surface area contributed by atoms with Gasteiger partial charge in [0.1, 0.15) is 11.5 Å². The number of rotatable bonds is 7. The number of methoxy groups -OCH3 is 2. The first-order valence-corrected chi connectivity index (χ1v) is 8.82. The molecule has 6 nitrogen and oxygen atoms in total. The molecule has 1 saturated heterocycles. The third-order valence-corrected chi connectivity index (χ3v) is 4.91. The number of hydrogen-bond donors (Lipinski definition) is 1. The topological polar surface area (TPSA) is 59.8 Å². The average molecular weight is 345 g/mol. The van der Waals surface area contributed by atoms with E-state index in [1.165, 1.54) is 6.42 Å². The molecule has 1 aromatic heterocycles. The molecule has 6 heteroatoms. The van der Waals surface area contributed by atoms with Gasteiger partial charge in [-0.25, -0.2) is 0 Å². The molecular weight excluding hydrogens is 318 g/mol. The van der Waals surface area contributed by atoms with E-state index in [9.17, 15) is 5.11 Å². The van der Waals surface area contributed by atoms with Crippen LogP contribution in [0.4, 0.5) is 0 Å². The zero-order chi connectivity index (χ0) is 17.6. The molecule has 0 bridgehead atoms. The van der Waals surface area contributed by atoms with Gasteiger partial charge in [0.15, 0.2) is 0 Å². The van der Waals surface area contributed by atoms with Gasteiger partial charge in [0, 0.05) is 30.5 Å². The van der Waals surface area contributed by atoms with Gasteiger partial charge in [0.05, 0.1) is 26.9 Å². The zero-order valence-electron chi connectivity index (χ0n) is 15.0. The van der Waals surface area contributed by atoms with E-state index in [4.69, 9.17) is 9.47 Å². The molecule has 0 amide bonds. The maximum Gasteiger partial charge on any atom is 0.124 e. The van der Waals surface area contributed by atoms with Crippen molar-refractivity contribution in [3.05, 3.63) is 42.2 Å². The third kappa shape index (κ3) is 4.32. The fourth-order valence-corrected chi connectivity index (χ4v) is 3.55. The van der Waals surface area contributed by atoms with Crippen molar-refractivity contribution in [2.75, 3.05) is 27.3 Å². The van der Waals surface area contributed by atoms with Crippen LogP contribution in [0, 0.1) is 0 Å². The van der Waals surface area contributed by atoms with E-state index < -0.39 is 6.10 Å². The van der Waals surface area contributed by atoms with Crippen molar-refractivity contribution in [3.63, 3.8) is 0 Å². The molecule has 1 aliphatic heterocycles. The van der Waals surface area contributed by atoms with Crippen molar-refractivity contribution in [2.45, 2.75) is 38.0 Å². The van der Waals surface area contributed by atoms with Crippen LogP contribution in [0.1, 0.15) is 30.9 Å². The van der Waals surface area contributed by atoms with E-state index in [0.29, 0.717) is 18.3 Å².